The Hall–Kier alpha value is -3.37. The van der Waals surface area contributed by atoms with Crippen molar-refractivity contribution in [3.8, 4) is 0 Å². The number of ether oxygens (including phenoxy) is 2. The van der Waals surface area contributed by atoms with Crippen molar-refractivity contribution in [3.05, 3.63) is 109 Å². The van der Waals surface area contributed by atoms with Crippen molar-refractivity contribution in [3.63, 3.8) is 0 Å². The van der Waals surface area contributed by atoms with E-state index in [4.69, 9.17) is 18.5 Å². The Morgan fingerprint density at radius 3 is 1.75 bits per heavy atom. The molecular weight excluding hydrogens is 790 g/mol. The fraction of sp³-hybridized carbons (Fsp3) is 0.600. The summed E-state index contributed by atoms with van der Waals surface area (Å²) in [7, 11) is 1.36. The quantitative estimate of drug-likeness (QED) is 0.0155. The van der Waals surface area contributed by atoms with Crippen LogP contribution < -0.4 is 0 Å². The summed E-state index contributed by atoms with van der Waals surface area (Å²) in [6, 6.07) is 0. The van der Waals surface area contributed by atoms with Crippen LogP contribution in [0.2, 0.25) is 0 Å². The lowest BCUT2D eigenvalue weighted by molar-refractivity contribution is -0.870. The highest BCUT2D eigenvalue weighted by Crippen LogP contribution is 2.43. The zero-order valence-electron chi connectivity index (χ0n) is 38.5. The number of esters is 2. The third-order valence-electron chi connectivity index (χ3n) is 8.87. The molecule has 2 N–H and O–H groups in total. The van der Waals surface area contributed by atoms with Gasteiger partial charge in [-0.25, -0.2) is 4.57 Å². The van der Waals surface area contributed by atoms with Crippen molar-refractivity contribution in [2.45, 2.75) is 148 Å². The molecule has 0 rings (SSSR count). The van der Waals surface area contributed by atoms with Gasteiger partial charge in [-0.2, -0.15) is 0 Å². The van der Waals surface area contributed by atoms with E-state index in [0.29, 0.717) is 36.7 Å². The summed E-state index contributed by atoms with van der Waals surface area (Å²) in [5.41, 5.74) is 0. The number of phosphoric acid groups is 1. The van der Waals surface area contributed by atoms with Gasteiger partial charge in [0.25, 0.3) is 0 Å². The Morgan fingerprint density at radius 1 is 0.607 bits per heavy atom. The number of quaternary nitrogens is 1. The molecule has 0 heterocycles. The summed E-state index contributed by atoms with van der Waals surface area (Å²) in [5, 5.41) is 10.1. The van der Waals surface area contributed by atoms with Crippen molar-refractivity contribution in [1.82, 2.24) is 0 Å². The van der Waals surface area contributed by atoms with Gasteiger partial charge < -0.3 is 24.0 Å². The van der Waals surface area contributed by atoms with Crippen LogP contribution in [0.15, 0.2) is 109 Å². The van der Waals surface area contributed by atoms with Gasteiger partial charge in [-0.05, 0) is 89.9 Å². The first-order chi connectivity index (χ1) is 29.4. The lowest BCUT2D eigenvalue weighted by atomic mass is 10.1. The van der Waals surface area contributed by atoms with Crippen LogP contribution >= 0.6 is 7.82 Å². The van der Waals surface area contributed by atoms with Crippen molar-refractivity contribution >= 4 is 19.8 Å². The van der Waals surface area contributed by atoms with E-state index in [1.165, 1.54) is 19.3 Å². The van der Waals surface area contributed by atoms with Crippen molar-refractivity contribution < 1.29 is 47.2 Å². The number of carbonyl (C=O) groups excluding carboxylic acids is 2. The zero-order chi connectivity index (χ0) is 45.1. The summed E-state index contributed by atoms with van der Waals surface area (Å²) >= 11 is 0. The number of carbonyl (C=O) groups is 2. The van der Waals surface area contributed by atoms with E-state index in [9.17, 15) is 24.2 Å². The molecule has 11 heteroatoms. The van der Waals surface area contributed by atoms with Crippen LogP contribution in [-0.2, 0) is 32.7 Å². The van der Waals surface area contributed by atoms with Crippen LogP contribution in [0.5, 0.6) is 0 Å². The number of unbranched alkanes of at least 4 members (excludes halogenated alkanes) is 7. The molecule has 346 valence electrons. The van der Waals surface area contributed by atoms with Gasteiger partial charge in [0.2, 0.25) is 0 Å². The molecule has 0 radical (unpaired) electrons. The largest absolute Gasteiger partial charge is 0.472 e. The second kappa shape index (κ2) is 40.7. The predicted molar refractivity (Wildman–Crippen MR) is 253 cm³/mol. The molecule has 0 fully saturated rings. The SMILES string of the molecule is CC/C=C\C/C=C\C/C=C\C/C=C\C/C=C\CCCCCC(=O)OC[C@H](COP(=O)(O)OCC[N+](C)(C)C)OC(=O)CCC/C=C\C/C=C\C=C\[C@@H](O)C/C=C\CCCCC. The van der Waals surface area contributed by atoms with Gasteiger partial charge in [0.05, 0.1) is 33.9 Å². The van der Waals surface area contributed by atoms with Crippen molar-refractivity contribution in [2.75, 3.05) is 47.5 Å². The van der Waals surface area contributed by atoms with Crippen LogP contribution in [0.1, 0.15) is 136 Å². The highest BCUT2D eigenvalue weighted by Gasteiger charge is 2.27. The Kier molecular flexibility index (Phi) is 38.4. The average molecular weight is 873 g/mol. The summed E-state index contributed by atoms with van der Waals surface area (Å²) in [4.78, 5) is 35.4. The average Bonchev–Trinajstić information content (AvgIpc) is 3.21. The first-order valence-electron chi connectivity index (χ1n) is 22.7. The van der Waals surface area contributed by atoms with Gasteiger partial charge in [-0.15, -0.1) is 0 Å². The molecule has 10 nitrogen and oxygen atoms in total. The number of rotatable bonds is 39. The Balaban J connectivity index is 4.58. The summed E-state index contributed by atoms with van der Waals surface area (Å²) in [5.74, 6) is -0.954. The smallest absolute Gasteiger partial charge is 0.462 e. The second-order valence-corrected chi connectivity index (χ2v) is 17.3. The molecule has 1 unspecified atom stereocenters. The minimum Gasteiger partial charge on any atom is -0.462 e. The lowest BCUT2D eigenvalue weighted by Gasteiger charge is -2.24. The van der Waals surface area contributed by atoms with Gasteiger partial charge in [0.1, 0.15) is 19.8 Å². The third kappa shape index (κ3) is 44.5. The lowest BCUT2D eigenvalue weighted by Crippen LogP contribution is -2.37. The minimum atomic E-state index is -4.42. The molecular formula is C50H83NO9P+. The molecule has 0 saturated carbocycles. The summed E-state index contributed by atoms with van der Waals surface area (Å²) in [6.07, 6.45) is 51.7. The predicted octanol–water partition coefficient (Wildman–Crippen LogP) is 12.1. The van der Waals surface area contributed by atoms with Crippen LogP contribution in [-0.4, -0.2) is 86.1 Å². The number of aliphatic hydroxyl groups is 1. The van der Waals surface area contributed by atoms with Crippen LogP contribution in [0.25, 0.3) is 0 Å². The third-order valence-corrected chi connectivity index (χ3v) is 9.85. The highest BCUT2D eigenvalue weighted by atomic mass is 31.2. The van der Waals surface area contributed by atoms with E-state index in [0.717, 1.165) is 64.2 Å². The number of hydrogen-bond acceptors (Lipinski definition) is 8. The van der Waals surface area contributed by atoms with E-state index in [1.807, 2.05) is 57.6 Å². The first-order valence-corrected chi connectivity index (χ1v) is 24.2. The first kappa shape index (κ1) is 57.6. The van der Waals surface area contributed by atoms with E-state index in [2.05, 4.69) is 80.7 Å². The van der Waals surface area contributed by atoms with E-state index in [1.54, 1.807) is 6.08 Å². The molecule has 0 aromatic carbocycles. The molecule has 0 aliphatic rings. The fourth-order valence-electron chi connectivity index (χ4n) is 5.29. The van der Waals surface area contributed by atoms with Gasteiger partial charge >= 0.3 is 19.8 Å². The van der Waals surface area contributed by atoms with Gasteiger partial charge in [-0.3, -0.25) is 18.6 Å². The Morgan fingerprint density at radius 2 is 1.15 bits per heavy atom. The summed E-state index contributed by atoms with van der Waals surface area (Å²) < 4.78 is 34.2. The van der Waals surface area contributed by atoms with Crippen LogP contribution in [0, 0.1) is 0 Å². The highest BCUT2D eigenvalue weighted by molar-refractivity contribution is 7.47. The standard InChI is InChI=1S/C50H82NO9P/c1-6-8-10-12-14-15-16-17-18-19-20-21-22-23-24-25-29-33-37-41-49(53)57-45-48(46-59-61(55,56)58-44-43-51(3,4)5)60-50(54)42-38-34-30-27-26-28-32-36-40-47(52)39-35-31-13-11-9-7-2/h8,10,14-15,17-18,20-21,23-24,27-28,30-32,35-36,40,47-48,52H,6-7,9,11-13,16,19,22,25-26,29,33-34,37-39,41-46H2,1-5H3/p+1/b10-8-,15-14-,18-17-,21-20-,24-23-,30-27-,32-28-,35-31-,40-36+/t47-,48+/m0/s1. The van der Waals surface area contributed by atoms with Crippen LogP contribution in [0.3, 0.4) is 0 Å². The Bertz CT molecular complexity index is 1420. The van der Waals surface area contributed by atoms with E-state index in [-0.39, 0.29) is 26.1 Å². The van der Waals surface area contributed by atoms with Gasteiger partial charge in [0.15, 0.2) is 6.10 Å². The minimum absolute atomic E-state index is 0.00193. The maximum Gasteiger partial charge on any atom is 0.472 e. The number of allylic oxidation sites excluding steroid dienone is 16. The van der Waals surface area contributed by atoms with Crippen LogP contribution in [0.4, 0.5) is 0 Å². The monoisotopic (exact) mass is 873 g/mol. The molecule has 61 heavy (non-hydrogen) atoms. The maximum atomic E-state index is 12.7. The molecule has 0 aliphatic carbocycles. The molecule has 0 aromatic rings. The molecule has 0 aromatic heterocycles. The number of phosphoric ester groups is 1. The number of hydrogen-bond donors (Lipinski definition) is 2. The van der Waals surface area contributed by atoms with Crippen molar-refractivity contribution in [2.24, 2.45) is 0 Å². The number of aliphatic hydroxyl groups excluding tert-OH is 1. The Labute approximate surface area is 370 Å². The summed E-state index contributed by atoms with van der Waals surface area (Å²) in [6.45, 7) is 4.05. The van der Waals surface area contributed by atoms with E-state index >= 15 is 0 Å². The van der Waals surface area contributed by atoms with Crippen molar-refractivity contribution in [1.29, 1.82) is 0 Å². The molecule has 0 saturated heterocycles. The second-order valence-electron chi connectivity index (χ2n) is 15.9. The molecule has 0 amide bonds. The molecule has 0 bridgehead atoms. The molecule has 0 spiro atoms. The topological polar surface area (TPSA) is 129 Å². The number of nitrogens with zero attached hydrogens (tertiary/aromatic N) is 1. The molecule has 0 aliphatic heterocycles. The zero-order valence-corrected chi connectivity index (χ0v) is 39.4. The normalized spacial score (nSPS) is 15.1. The maximum absolute atomic E-state index is 12.7. The van der Waals surface area contributed by atoms with Gasteiger partial charge in [0, 0.05) is 12.8 Å². The van der Waals surface area contributed by atoms with Gasteiger partial charge in [-0.1, -0.05) is 142 Å². The fourth-order valence-corrected chi connectivity index (χ4v) is 6.03. The van der Waals surface area contributed by atoms with E-state index < -0.39 is 38.6 Å². The number of likely N-dealkylation sites (N-methyl/N-ethyl adjacent to an activating group) is 1. The molecule has 3 atom stereocenters.